The summed E-state index contributed by atoms with van der Waals surface area (Å²) >= 11 is 0. The molecule has 0 bridgehead atoms. The van der Waals surface area contributed by atoms with Gasteiger partial charge in [0.05, 0.1) is 0 Å². The lowest BCUT2D eigenvalue weighted by Crippen LogP contribution is -2.41. The molecule has 98 valence electrons. The lowest BCUT2D eigenvalue weighted by molar-refractivity contribution is -0.128. The van der Waals surface area contributed by atoms with Gasteiger partial charge in [-0.3, -0.25) is 4.79 Å². The van der Waals surface area contributed by atoms with Crippen molar-refractivity contribution >= 4 is 12.0 Å². The highest BCUT2D eigenvalue weighted by atomic mass is 16.3. The highest BCUT2D eigenvalue weighted by molar-refractivity contribution is 5.91. The second-order valence-electron chi connectivity index (χ2n) is 5.47. The van der Waals surface area contributed by atoms with Gasteiger partial charge in [0.15, 0.2) is 0 Å². The van der Waals surface area contributed by atoms with Crippen LogP contribution in [0.5, 0.6) is 0 Å². The zero-order valence-corrected chi connectivity index (χ0v) is 11.3. The van der Waals surface area contributed by atoms with Crippen LogP contribution in [0.1, 0.15) is 31.8 Å². The van der Waals surface area contributed by atoms with E-state index in [0.717, 1.165) is 24.6 Å². The van der Waals surface area contributed by atoms with Crippen LogP contribution in [0.2, 0.25) is 0 Å². The third kappa shape index (κ3) is 3.25. The molecule has 3 heteroatoms. The van der Waals surface area contributed by atoms with Crippen LogP contribution in [0.3, 0.4) is 0 Å². The van der Waals surface area contributed by atoms with Crippen LogP contribution >= 0.6 is 0 Å². The number of likely N-dealkylation sites (tertiary alicyclic amines) is 1. The van der Waals surface area contributed by atoms with Crippen LogP contribution in [-0.4, -0.2) is 23.9 Å². The van der Waals surface area contributed by atoms with Crippen molar-refractivity contribution in [1.29, 1.82) is 0 Å². The molecule has 1 aliphatic rings. The lowest BCUT2D eigenvalue weighted by atomic mass is 9.92. The maximum Gasteiger partial charge on any atom is 0.246 e. The largest absolute Gasteiger partial charge is 0.462 e. The Morgan fingerprint density at radius 1 is 1.33 bits per heavy atom. The van der Waals surface area contributed by atoms with Crippen LogP contribution in [0.4, 0.5) is 0 Å². The van der Waals surface area contributed by atoms with Crippen molar-refractivity contribution in [3.05, 3.63) is 29.7 Å². The molecule has 2 heterocycles. The van der Waals surface area contributed by atoms with Gasteiger partial charge in [-0.1, -0.05) is 13.8 Å². The second-order valence-corrected chi connectivity index (χ2v) is 5.47. The van der Waals surface area contributed by atoms with Gasteiger partial charge in [-0.2, -0.15) is 0 Å². The fourth-order valence-corrected chi connectivity index (χ4v) is 2.64. The number of piperidine rings is 1. The minimum atomic E-state index is 0.0856. The van der Waals surface area contributed by atoms with E-state index < -0.39 is 0 Å². The number of hydrogen-bond acceptors (Lipinski definition) is 2. The van der Waals surface area contributed by atoms with Crippen molar-refractivity contribution in [3.63, 3.8) is 0 Å². The molecule has 2 unspecified atom stereocenters. The van der Waals surface area contributed by atoms with Crippen molar-refractivity contribution in [2.24, 2.45) is 11.8 Å². The Kier molecular flexibility index (Phi) is 3.90. The zero-order chi connectivity index (χ0) is 13.1. The molecular formula is C15H21NO2. The molecule has 2 rings (SSSR count). The van der Waals surface area contributed by atoms with Crippen LogP contribution in [0, 0.1) is 18.8 Å². The van der Waals surface area contributed by atoms with E-state index in [-0.39, 0.29) is 5.91 Å². The molecule has 1 saturated heterocycles. The van der Waals surface area contributed by atoms with E-state index in [1.54, 1.807) is 12.2 Å². The highest BCUT2D eigenvalue weighted by Crippen LogP contribution is 2.21. The molecule has 1 fully saturated rings. The normalized spacial score (nSPS) is 24.7. The molecule has 1 aliphatic heterocycles. The minimum Gasteiger partial charge on any atom is -0.462 e. The van der Waals surface area contributed by atoms with Crippen LogP contribution in [0.25, 0.3) is 6.08 Å². The van der Waals surface area contributed by atoms with Crippen molar-refractivity contribution in [2.45, 2.75) is 27.2 Å². The summed E-state index contributed by atoms with van der Waals surface area (Å²) in [5, 5.41) is 0. The van der Waals surface area contributed by atoms with Gasteiger partial charge in [-0.05, 0) is 43.4 Å². The van der Waals surface area contributed by atoms with E-state index in [4.69, 9.17) is 4.42 Å². The van der Waals surface area contributed by atoms with E-state index in [0.29, 0.717) is 11.8 Å². The SMILES string of the molecule is Cc1ccc(C=CC(=O)N2CC(C)CC(C)C2)o1. The number of nitrogens with zero attached hydrogens (tertiary/aromatic N) is 1. The number of rotatable bonds is 2. The quantitative estimate of drug-likeness (QED) is 0.752. The van der Waals surface area contributed by atoms with E-state index in [1.165, 1.54) is 6.42 Å². The summed E-state index contributed by atoms with van der Waals surface area (Å²) in [6.07, 6.45) is 4.58. The third-order valence-electron chi connectivity index (χ3n) is 3.33. The monoisotopic (exact) mass is 247 g/mol. The number of carbonyl (C=O) groups is 1. The van der Waals surface area contributed by atoms with Crippen molar-refractivity contribution in [3.8, 4) is 0 Å². The predicted molar refractivity (Wildman–Crippen MR) is 72.0 cm³/mol. The first-order valence-corrected chi connectivity index (χ1v) is 6.58. The van der Waals surface area contributed by atoms with E-state index in [9.17, 15) is 4.79 Å². The maximum absolute atomic E-state index is 12.1. The minimum absolute atomic E-state index is 0.0856. The molecule has 0 saturated carbocycles. The molecule has 18 heavy (non-hydrogen) atoms. The number of aryl methyl sites for hydroxylation is 1. The second kappa shape index (κ2) is 5.42. The summed E-state index contributed by atoms with van der Waals surface area (Å²) in [6, 6.07) is 3.77. The molecule has 1 aromatic heterocycles. The van der Waals surface area contributed by atoms with Gasteiger partial charge in [0.2, 0.25) is 5.91 Å². The Morgan fingerprint density at radius 2 is 2.00 bits per heavy atom. The van der Waals surface area contributed by atoms with Crippen LogP contribution in [-0.2, 0) is 4.79 Å². The average Bonchev–Trinajstić information content (AvgIpc) is 2.70. The Labute approximate surface area is 108 Å². The number of carbonyl (C=O) groups excluding carboxylic acids is 1. The topological polar surface area (TPSA) is 33.5 Å². The van der Waals surface area contributed by atoms with E-state index in [1.807, 2.05) is 24.0 Å². The summed E-state index contributed by atoms with van der Waals surface area (Å²) in [6.45, 7) is 8.04. The fourth-order valence-electron chi connectivity index (χ4n) is 2.64. The van der Waals surface area contributed by atoms with Gasteiger partial charge in [0, 0.05) is 19.2 Å². The molecule has 0 spiro atoms. The Balaban J connectivity index is 1.97. The summed E-state index contributed by atoms with van der Waals surface area (Å²) in [4.78, 5) is 14.0. The lowest BCUT2D eigenvalue weighted by Gasteiger charge is -2.34. The number of amides is 1. The Bertz CT molecular complexity index is 437. The van der Waals surface area contributed by atoms with E-state index >= 15 is 0 Å². The smallest absolute Gasteiger partial charge is 0.246 e. The standard InChI is InChI=1S/C15H21NO2/c1-11-8-12(2)10-16(9-11)15(17)7-6-14-5-4-13(3)18-14/h4-7,11-12H,8-10H2,1-3H3. The van der Waals surface area contributed by atoms with Gasteiger partial charge in [-0.15, -0.1) is 0 Å². The third-order valence-corrected chi connectivity index (χ3v) is 3.33. The van der Waals surface area contributed by atoms with Gasteiger partial charge in [-0.25, -0.2) is 0 Å². The summed E-state index contributed by atoms with van der Waals surface area (Å²) in [5.41, 5.74) is 0. The van der Waals surface area contributed by atoms with Gasteiger partial charge in [0.1, 0.15) is 11.5 Å². The fraction of sp³-hybridized carbons (Fsp3) is 0.533. The highest BCUT2D eigenvalue weighted by Gasteiger charge is 2.23. The molecule has 1 amide bonds. The summed E-state index contributed by atoms with van der Waals surface area (Å²) in [7, 11) is 0. The average molecular weight is 247 g/mol. The zero-order valence-electron chi connectivity index (χ0n) is 11.3. The molecule has 1 aromatic rings. The first kappa shape index (κ1) is 12.9. The molecule has 0 aliphatic carbocycles. The van der Waals surface area contributed by atoms with Crippen molar-refractivity contribution in [1.82, 2.24) is 4.90 Å². The Morgan fingerprint density at radius 3 is 2.56 bits per heavy atom. The summed E-state index contributed by atoms with van der Waals surface area (Å²) in [5.74, 6) is 2.87. The van der Waals surface area contributed by atoms with Gasteiger partial charge >= 0.3 is 0 Å². The molecule has 2 atom stereocenters. The summed E-state index contributed by atoms with van der Waals surface area (Å²) < 4.78 is 5.41. The van der Waals surface area contributed by atoms with E-state index in [2.05, 4.69) is 13.8 Å². The first-order valence-electron chi connectivity index (χ1n) is 6.58. The van der Waals surface area contributed by atoms with Gasteiger partial charge in [0.25, 0.3) is 0 Å². The first-order chi connectivity index (χ1) is 8.54. The number of furan rings is 1. The molecule has 3 nitrogen and oxygen atoms in total. The molecule has 0 radical (unpaired) electrons. The van der Waals surface area contributed by atoms with Gasteiger partial charge < -0.3 is 9.32 Å². The van der Waals surface area contributed by atoms with Crippen LogP contribution in [0.15, 0.2) is 22.6 Å². The number of hydrogen-bond donors (Lipinski definition) is 0. The Hall–Kier alpha value is -1.51. The molecule has 0 N–H and O–H groups in total. The van der Waals surface area contributed by atoms with Crippen molar-refractivity contribution < 1.29 is 9.21 Å². The molecular weight excluding hydrogens is 226 g/mol. The predicted octanol–water partition coefficient (Wildman–Crippen LogP) is 3.11. The molecule has 0 aromatic carbocycles. The van der Waals surface area contributed by atoms with Crippen LogP contribution < -0.4 is 0 Å². The van der Waals surface area contributed by atoms with Crippen molar-refractivity contribution in [2.75, 3.05) is 13.1 Å². The maximum atomic E-state index is 12.1.